The van der Waals surface area contributed by atoms with Crippen molar-refractivity contribution < 1.29 is 22.7 Å². The van der Waals surface area contributed by atoms with Crippen molar-refractivity contribution in [2.45, 2.75) is 50.7 Å². The Bertz CT molecular complexity index is 1270. The molecule has 7 heteroatoms. The van der Waals surface area contributed by atoms with Gasteiger partial charge >= 0.3 is 0 Å². The van der Waals surface area contributed by atoms with Gasteiger partial charge in [-0.3, -0.25) is 9.79 Å². The zero-order valence-corrected chi connectivity index (χ0v) is 19.6. The van der Waals surface area contributed by atoms with E-state index in [4.69, 9.17) is 9.47 Å². The van der Waals surface area contributed by atoms with Crippen LogP contribution in [0.1, 0.15) is 55.6 Å². The van der Waals surface area contributed by atoms with Crippen LogP contribution < -0.4 is 9.47 Å². The van der Waals surface area contributed by atoms with Crippen molar-refractivity contribution in [1.29, 1.82) is 0 Å². The van der Waals surface area contributed by atoms with E-state index >= 15 is 0 Å². The molecule has 1 atom stereocenters. The van der Waals surface area contributed by atoms with Gasteiger partial charge in [-0.15, -0.1) is 0 Å². The van der Waals surface area contributed by atoms with Crippen molar-refractivity contribution in [2.24, 2.45) is 10.4 Å². The number of hydrogen-bond acceptors (Lipinski definition) is 6. The van der Waals surface area contributed by atoms with Crippen LogP contribution in [0.25, 0.3) is 0 Å². The third-order valence-corrected chi connectivity index (χ3v) is 7.97. The lowest BCUT2D eigenvalue weighted by molar-refractivity contribution is -0.120. The van der Waals surface area contributed by atoms with Crippen molar-refractivity contribution in [1.82, 2.24) is 0 Å². The Balaban J connectivity index is 1.43. The Morgan fingerprint density at radius 3 is 2.47 bits per heavy atom. The van der Waals surface area contributed by atoms with E-state index in [2.05, 4.69) is 4.99 Å². The standard InChI is InChI=1S/C25H27NO5S/c1-24(2,3)23-22(32(4,28)29)17-11-15(5-7-18(17)26-23)12-21(27)25(9-10-25)16-6-8-19-20(13-16)31-14-30-19/h5-8,11,13,22H,9-10,12,14H2,1-4H3. The predicted molar refractivity (Wildman–Crippen MR) is 123 cm³/mol. The van der Waals surface area contributed by atoms with Gasteiger partial charge in [-0.25, -0.2) is 8.42 Å². The molecule has 1 saturated carbocycles. The summed E-state index contributed by atoms with van der Waals surface area (Å²) in [6, 6.07) is 11.3. The number of ketones is 1. The first kappa shape index (κ1) is 21.2. The van der Waals surface area contributed by atoms with E-state index in [1.165, 1.54) is 6.26 Å². The van der Waals surface area contributed by atoms with Crippen LogP contribution in [-0.2, 0) is 26.5 Å². The number of fused-ring (bicyclic) bond motifs is 2. The average Bonchev–Trinajstić information content (AvgIpc) is 3.21. The zero-order chi connectivity index (χ0) is 22.9. The molecule has 0 bridgehead atoms. The molecule has 2 aromatic rings. The minimum absolute atomic E-state index is 0.141. The number of aliphatic imine (C=N–C) groups is 1. The van der Waals surface area contributed by atoms with E-state index in [-0.39, 0.29) is 24.4 Å². The van der Waals surface area contributed by atoms with Gasteiger partial charge in [0.1, 0.15) is 11.0 Å². The molecular weight excluding hydrogens is 426 g/mol. The maximum Gasteiger partial charge on any atom is 0.231 e. The summed E-state index contributed by atoms with van der Waals surface area (Å²) in [6.45, 7) is 6.13. The second-order valence-corrected chi connectivity index (χ2v) is 12.2. The van der Waals surface area contributed by atoms with Gasteiger partial charge in [-0.2, -0.15) is 0 Å². The number of ether oxygens (including phenoxy) is 2. The molecule has 0 spiro atoms. The highest BCUT2D eigenvalue weighted by atomic mass is 32.2. The lowest BCUT2D eigenvalue weighted by atomic mass is 9.86. The molecule has 3 aliphatic rings. The van der Waals surface area contributed by atoms with Crippen LogP contribution in [0.4, 0.5) is 5.69 Å². The molecule has 1 fully saturated rings. The highest BCUT2D eigenvalue weighted by Crippen LogP contribution is 2.52. The largest absolute Gasteiger partial charge is 0.454 e. The Hall–Kier alpha value is -2.67. The first-order valence-electron chi connectivity index (χ1n) is 10.8. The Morgan fingerprint density at radius 2 is 1.81 bits per heavy atom. The van der Waals surface area contributed by atoms with Gasteiger partial charge in [0.2, 0.25) is 6.79 Å². The molecule has 2 heterocycles. The summed E-state index contributed by atoms with van der Waals surface area (Å²) in [4.78, 5) is 18.0. The predicted octanol–water partition coefficient (Wildman–Crippen LogP) is 4.48. The molecule has 1 unspecified atom stereocenters. The summed E-state index contributed by atoms with van der Waals surface area (Å²) in [7, 11) is -3.40. The Labute approximate surface area is 188 Å². The van der Waals surface area contributed by atoms with Crippen LogP contribution in [0.15, 0.2) is 41.4 Å². The summed E-state index contributed by atoms with van der Waals surface area (Å²) in [5.41, 5.74) is 2.91. The summed E-state index contributed by atoms with van der Waals surface area (Å²) in [5, 5.41) is -0.767. The normalized spacial score (nSPS) is 20.6. The number of rotatable bonds is 5. The molecule has 0 radical (unpaired) electrons. The van der Waals surface area contributed by atoms with Gasteiger partial charge < -0.3 is 9.47 Å². The molecule has 2 aliphatic heterocycles. The molecule has 0 saturated heterocycles. The summed E-state index contributed by atoms with van der Waals surface area (Å²) >= 11 is 0. The molecule has 2 aromatic carbocycles. The average molecular weight is 454 g/mol. The fourth-order valence-corrected chi connectivity index (χ4v) is 6.22. The molecule has 168 valence electrons. The maximum atomic E-state index is 13.4. The number of hydrogen-bond donors (Lipinski definition) is 0. The highest BCUT2D eigenvalue weighted by molar-refractivity contribution is 7.91. The van der Waals surface area contributed by atoms with E-state index in [9.17, 15) is 13.2 Å². The van der Waals surface area contributed by atoms with Crippen LogP contribution in [-0.4, -0.2) is 33.0 Å². The maximum absolute atomic E-state index is 13.4. The molecule has 6 nitrogen and oxygen atoms in total. The summed E-state index contributed by atoms with van der Waals surface area (Å²) in [5.74, 6) is 1.53. The van der Waals surface area contributed by atoms with Crippen molar-refractivity contribution in [3.05, 3.63) is 53.1 Å². The van der Waals surface area contributed by atoms with Crippen LogP contribution >= 0.6 is 0 Å². The smallest absolute Gasteiger partial charge is 0.231 e. The number of sulfone groups is 1. The van der Waals surface area contributed by atoms with Crippen LogP contribution in [0.3, 0.4) is 0 Å². The van der Waals surface area contributed by atoms with Gasteiger partial charge in [-0.05, 0) is 42.2 Å². The van der Waals surface area contributed by atoms with E-state index in [1.54, 1.807) is 0 Å². The lowest BCUT2D eigenvalue weighted by Gasteiger charge is -2.24. The lowest BCUT2D eigenvalue weighted by Crippen LogP contribution is -2.29. The van der Waals surface area contributed by atoms with Crippen molar-refractivity contribution in [3.63, 3.8) is 0 Å². The fourth-order valence-electron chi connectivity index (χ4n) is 4.76. The van der Waals surface area contributed by atoms with Crippen molar-refractivity contribution in [3.8, 4) is 11.5 Å². The molecule has 32 heavy (non-hydrogen) atoms. The second-order valence-electron chi connectivity index (χ2n) is 10.1. The third kappa shape index (κ3) is 3.43. The SMILES string of the molecule is CC(C)(C)C1=Nc2ccc(CC(=O)C3(c4ccc5c(c4)OCO5)CC3)cc2C1S(C)(=O)=O. The molecule has 1 aliphatic carbocycles. The highest BCUT2D eigenvalue weighted by Gasteiger charge is 2.51. The number of Topliss-reactive ketones (excluding diaryl/α,β-unsaturated/α-hetero) is 1. The van der Waals surface area contributed by atoms with Gasteiger partial charge in [0.25, 0.3) is 0 Å². The topological polar surface area (TPSA) is 82.0 Å². The summed E-state index contributed by atoms with van der Waals surface area (Å²) in [6.07, 6.45) is 3.12. The van der Waals surface area contributed by atoms with E-state index in [1.807, 2.05) is 57.2 Å². The van der Waals surface area contributed by atoms with Gasteiger partial charge in [0.05, 0.1) is 11.1 Å². The van der Waals surface area contributed by atoms with Gasteiger partial charge in [-0.1, -0.05) is 39.0 Å². The van der Waals surface area contributed by atoms with Crippen molar-refractivity contribution in [2.75, 3.05) is 13.0 Å². The van der Waals surface area contributed by atoms with Gasteiger partial charge in [0, 0.05) is 29.4 Å². The minimum Gasteiger partial charge on any atom is -0.454 e. The Morgan fingerprint density at radius 1 is 1.09 bits per heavy atom. The minimum atomic E-state index is -3.40. The summed E-state index contributed by atoms with van der Waals surface area (Å²) < 4.78 is 36.2. The van der Waals surface area contributed by atoms with E-state index in [0.29, 0.717) is 28.5 Å². The monoisotopic (exact) mass is 453 g/mol. The van der Waals surface area contributed by atoms with Crippen LogP contribution in [0.5, 0.6) is 11.5 Å². The van der Waals surface area contributed by atoms with Gasteiger partial charge in [0.15, 0.2) is 21.3 Å². The molecule has 5 rings (SSSR count). The first-order chi connectivity index (χ1) is 15.0. The number of nitrogens with zero attached hydrogens (tertiary/aromatic N) is 1. The van der Waals surface area contributed by atoms with Crippen LogP contribution in [0, 0.1) is 5.41 Å². The molecule has 0 N–H and O–H groups in total. The quantitative estimate of drug-likeness (QED) is 0.667. The zero-order valence-electron chi connectivity index (χ0n) is 18.8. The fraction of sp³-hybridized carbons (Fsp3) is 0.440. The third-order valence-electron chi connectivity index (χ3n) is 6.63. The number of carbonyl (C=O) groups is 1. The Kier molecular flexibility index (Phi) is 4.58. The molecule has 0 amide bonds. The first-order valence-corrected chi connectivity index (χ1v) is 12.8. The van der Waals surface area contributed by atoms with E-state index in [0.717, 1.165) is 24.0 Å². The second kappa shape index (κ2) is 6.91. The van der Waals surface area contributed by atoms with Crippen LogP contribution in [0.2, 0.25) is 0 Å². The number of benzene rings is 2. The molecular formula is C25H27NO5S. The van der Waals surface area contributed by atoms with E-state index < -0.39 is 20.5 Å². The number of carbonyl (C=O) groups excluding carboxylic acids is 1. The van der Waals surface area contributed by atoms with Crippen molar-refractivity contribution >= 4 is 27.0 Å². The molecule has 0 aromatic heterocycles.